The molecule has 0 bridgehead atoms. The summed E-state index contributed by atoms with van der Waals surface area (Å²) in [6.45, 7) is 7.49. The van der Waals surface area contributed by atoms with E-state index in [1.165, 1.54) is 18.2 Å². The van der Waals surface area contributed by atoms with Gasteiger partial charge in [-0.2, -0.15) is 0 Å². The Morgan fingerprint density at radius 1 is 1.26 bits per heavy atom. The fraction of sp³-hybridized carbons (Fsp3) is 0.625. The average Bonchev–Trinajstić information content (AvgIpc) is 2.47. The third-order valence-electron chi connectivity index (χ3n) is 4.06. The predicted molar refractivity (Wildman–Crippen MR) is 90.1 cm³/mol. The van der Waals surface area contributed by atoms with E-state index in [9.17, 15) is 12.8 Å². The van der Waals surface area contributed by atoms with Crippen molar-refractivity contribution in [3.05, 3.63) is 35.6 Å². The third-order valence-corrected chi connectivity index (χ3v) is 5.38. The molecule has 1 atom stereocenters. The van der Waals surface area contributed by atoms with Gasteiger partial charge in [-0.15, -0.1) is 0 Å². The summed E-state index contributed by atoms with van der Waals surface area (Å²) in [6, 6.07) is 5.71. The molecule has 0 aromatic heterocycles. The van der Waals surface area contributed by atoms with E-state index in [0.717, 1.165) is 32.7 Å². The Bertz CT molecular complexity index is 601. The zero-order valence-corrected chi connectivity index (χ0v) is 14.7. The topological polar surface area (TPSA) is 52.7 Å². The van der Waals surface area contributed by atoms with Gasteiger partial charge in [-0.25, -0.2) is 17.5 Å². The SMILES string of the molecule is CC(CNS(=O)(=O)Cc1cccc(F)c1)CN1CCN(C)CC1. The molecule has 1 aromatic rings. The summed E-state index contributed by atoms with van der Waals surface area (Å²) in [7, 11) is -1.33. The van der Waals surface area contributed by atoms with Crippen molar-refractivity contribution in [2.45, 2.75) is 12.7 Å². The normalized spacial score (nSPS) is 18.9. The molecule has 1 fully saturated rings. The molecular formula is C16H26FN3O2S. The first-order valence-electron chi connectivity index (χ1n) is 7.97. The lowest BCUT2D eigenvalue weighted by Crippen LogP contribution is -2.46. The van der Waals surface area contributed by atoms with E-state index < -0.39 is 15.8 Å². The number of hydrogen-bond acceptors (Lipinski definition) is 4. The van der Waals surface area contributed by atoms with Crippen LogP contribution in [0.4, 0.5) is 4.39 Å². The van der Waals surface area contributed by atoms with Gasteiger partial charge in [0.15, 0.2) is 0 Å². The van der Waals surface area contributed by atoms with Crippen LogP contribution in [0.5, 0.6) is 0 Å². The van der Waals surface area contributed by atoms with Crippen LogP contribution in [0.1, 0.15) is 12.5 Å². The van der Waals surface area contributed by atoms with Gasteiger partial charge in [0.05, 0.1) is 5.75 Å². The minimum Gasteiger partial charge on any atom is -0.304 e. The van der Waals surface area contributed by atoms with Crippen LogP contribution in [0.2, 0.25) is 0 Å². The lowest BCUT2D eigenvalue weighted by molar-refractivity contribution is 0.139. The molecule has 1 unspecified atom stereocenters. The number of halogens is 1. The number of nitrogens with one attached hydrogen (secondary N) is 1. The molecule has 1 aliphatic heterocycles. The monoisotopic (exact) mass is 343 g/mol. The van der Waals surface area contributed by atoms with E-state index in [2.05, 4.69) is 21.6 Å². The fourth-order valence-electron chi connectivity index (χ4n) is 2.70. The van der Waals surface area contributed by atoms with Crippen molar-refractivity contribution in [2.24, 2.45) is 5.92 Å². The van der Waals surface area contributed by atoms with Gasteiger partial charge in [0.1, 0.15) is 5.82 Å². The molecule has 7 heteroatoms. The second kappa shape index (κ2) is 8.19. The number of sulfonamides is 1. The van der Waals surface area contributed by atoms with Crippen molar-refractivity contribution in [3.63, 3.8) is 0 Å². The number of likely N-dealkylation sites (N-methyl/N-ethyl adjacent to an activating group) is 1. The Kier molecular flexibility index (Phi) is 6.52. The summed E-state index contributed by atoms with van der Waals surface area (Å²) >= 11 is 0. The quantitative estimate of drug-likeness (QED) is 0.806. The zero-order chi connectivity index (χ0) is 16.9. The number of rotatable bonds is 7. The zero-order valence-electron chi connectivity index (χ0n) is 13.8. The largest absolute Gasteiger partial charge is 0.304 e. The van der Waals surface area contributed by atoms with Crippen LogP contribution in [0.3, 0.4) is 0 Å². The molecule has 0 saturated carbocycles. The molecule has 130 valence electrons. The van der Waals surface area contributed by atoms with Crippen LogP contribution in [-0.2, 0) is 15.8 Å². The lowest BCUT2D eigenvalue weighted by Gasteiger charge is -2.33. The van der Waals surface area contributed by atoms with Gasteiger partial charge in [0, 0.05) is 39.3 Å². The van der Waals surface area contributed by atoms with Gasteiger partial charge in [0.25, 0.3) is 0 Å². The fourth-order valence-corrected chi connectivity index (χ4v) is 3.96. The number of hydrogen-bond donors (Lipinski definition) is 1. The van der Waals surface area contributed by atoms with Crippen molar-refractivity contribution in [1.29, 1.82) is 0 Å². The van der Waals surface area contributed by atoms with Crippen molar-refractivity contribution in [3.8, 4) is 0 Å². The van der Waals surface area contributed by atoms with Crippen LogP contribution < -0.4 is 4.72 Å². The average molecular weight is 343 g/mol. The second-order valence-corrected chi connectivity index (χ2v) is 8.25. The van der Waals surface area contributed by atoms with Crippen LogP contribution in [0.15, 0.2) is 24.3 Å². The lowest BCUT2D eigenvalue weighted by atomic mass is 10.1. The Labute approximate surface area is 138 Å². The summed E-state index contributed by atoms with van der Waals surface area (Å²) in [5, 5.41) is 0. The molecule has 0 amide bonds. The Morgan fingerprint density at radius 3 is 2.61 bits per heavy atom. The van der Waals surface area contributed by atoms with E-state index in [1.54, 1.807) is 6.07 Å². The molecule has 1 aromatic carbocycles. The van der Waals surface area contributed by atoms with Crippen LogP contribution >= 0.6 is 0 Å². The Morgan fingerprint density at radius 2 is 1.96 bits per heavy atom. The van der Waals surface area contributed by atoms with E-state index >= 15 is 0 Å². The molecule has 1 aliphatic rings. The highest BCUT2D eigenvalue weighted by molar-refractivity contribution is 7.88. The molecule has 1 N–H and O–H groups in total. The van der Waals surface area contributed by atoms with Gasteiger partial charge in [-0.1, -0.05) is 19.1 Å². The Balaban J connectivity index is 1.77. The van der Waals surface area contributed by atoms with E-state index in [1.807, 2.05) is 6.92 Å². The summed E-state index contributed by atoms with van der Waals surface area (Å²) in [6.07, 6.45) is 0. The predicted octanol–water partition coefficient (Wildman–Crippen LogP) is 1.13. The maximum atomic E-state index is 13.1. The van der Waals surface area contributed by atoms with Crippen molar-refractivity contribution >= 4 is 10.0 Å². The molecule has 23 heavy (non-hydrogen) atoms. The van der Waals surface area contributed by atoms with E-state index in [0.29, 0.717) is 12.1 Å². The van der Waals surface area contributed by atoms with Crippen molar-refractivity contribution < 1.29 is 12.8 Å². The standard InChI is InChI=1S/C16H26FN3O2S/c1-14(12-20-8-6-19(2)7-9-20)11-18-23(21,22)13-15-4-3-5-16(17)10-15/h3-5,10,14,18H,6-9,11-13H2,1-2H3. The number of piperazine rings is 1. The summed E-state index contributed by atoms with van der Waals surface area (Å²) in [5.74, 6) is -0.367. The van der Waals surface area contributed by atoms with Gasteiger partial charge >= 0.3 is 0 Å². The van der Waals surface area contributed by atoms with E-state index in [4.69, 9.17) is 0 Å². The molecular weight excluding hydrogens is 317 g/mol. The molecule has 1 heterocycles. The van der Waals surface area contributed by atoms with Crippen molar-refractivity contribution in [1.82, 2.24) is 14.5 Å². The van der Waals surface area contributed by atoms with Crippen LogP contribution in [0.25, 0.3) is 0 Å². The van der Waals surface area contributed by atoms with Gasteiger partial charge in [0.2, 0.25) is 10.0 Å². The van der Waals surface area contributed by atoms with Gasteiger partial charge < -0.3 is 9.80 Å². The molecule has 0 spiro atoms. The maximum absolute atomic E-state index is 13.1. The highest BCUT2D eigenvalue weighted by Gasteiger charge is 2.18. The summed E-state index contributed by atoms with van der Waals surface area (Å²) < 4.78 is 40.0. The highest BCUT2D eigenvalue weighted by atomic mass is 32.2. The minimum atomic E-state index is -3.44. The van der Waals surface area contributed by atoms with Gasteiger partial charge in [-0.05, 0) is 30.7 Å². The highest BCUT2D eigenvalue weighted by Crippen LogP contribution is 2.08. The molecule has 1 saturated heterocycles. The molecule has 0 aliphatic carbocycles. The van der Waals surface area contributed by atoms with Crippen LogP contribution in [0, 0.1) is 11.7 Å². The number of nitrogens with zero attached hydrogens (tertiary/aromatic N) is 2. The Hall–Kier alpha value is -1.02. The first-order valence-corrected chi connectivity index (χ1v) is 9.62. The van der Waals surface area contributed by atoms with Gasteiger partial charge in [-0.3, -0.25) is 0 Å². The van der Waals surface area contributed by atoms with Crippen molar-refractivity contribution in [2.75, 3.05) is 46.3 Å². The third kappa shape index (κ3) is 6.55. The summed E-state index contributed by atoms with van der Waals surface area (Å²) in [4.78, 5) is 4.66. The second-order valence-electron chi connectivity index (χ2n) is 6.45. The number of benzene rings is 1. The maximum Gasteiger partial charge on any atom is 0.215 e. The van der Waals surface area contributed by atoms with Crippen LogP contribution in [-0.4, -0.2) is 64.5 Å². The first kappa shape index (κ1) is 18.3. The first-order chi connectivity index (χ1) is 10.8. The smallest absolute Gasteiger partial charge is 0.215 e. The minimum absolute atomic E-state index is 0.189. The molecule has 5 nitrogen and oxygen atoms in total. The molecule has 2 rings (SSSR count). The van der Waals surface area contributed by atoms with E-state index in [-0.39, 0.29) is 11.7 Å². The summed E-state index contributed by atoms with van der Waals surface area (Å²) in [5.41, 5.74) is 0.462. The molecule has 0 radical (unpaired) electrons.